The van der Waals surface area contributed by atoms with Gasteiger partial charge < -0.3 is 4.74 Å². The third kappa shape index (κ3) is 1.09. The standard InChI is InChI=1S/C10H11NO/c1-2-12-10-9-6-4-3-5-8(9)7-11-10/h3-6H,2,7H2,1H3/p+1. The van der Waals surface area contributed by atoms with Crippen LogP contribution >= 0.6 is 0 Å². The first-order valence-electron chi connectivity index (χ1n) is 4.23. The highest BCUT2D eigenvalue weighted by atomic mass is 16.5. The maximum Gasteiger partial charge on any atom is 0.369 e. The Morgan fingerprint density at radius 1 is 1.42 bits per heavy atom. The van der Waals surface area contributed by atoms with Gasteiger partial charge in [0, 0.05) is 5.56 Å². The Morgan fingerprint density at radius 2 is 2.25 bits per heavy atom. The van der Waals surface area contributed by atoms with Crippen molar-refractivity contribution in [2.75, 3.05) is 6.61 Å². The topological polar surface area (TPSA) is 23.2 Å². The van der Waals surface area contributed by atoms with Gasteiger partial charge in [-0.05, 0) is 13.0 Å². The van der Waals surface area contributed by atoms with Crippen molar-refractivity contribution < 1.29 is 9.73 Å². The molecule has 12 heavy (non-hydrogen) atoms. The maximum absolute atomic E-state index is 5.43. The van der Waals surface area contributed by atoms with E-state index >= 15 is 0 Å². The molecule has 0 aliphatic carbocycles. The number of benzene rings is 1. The number of hydrogen-bond acceptors (Lipinski definition) is 1. The SMILES string of the molecule is CCOC1=[NH+]Cc2ccccc21. The highest BCUT2D eigenvalue weighted by molar-refractivity contribution is 5.92. The first kappa shape index (κ1) is 7.35. The van der Waals surface area contributed by atoms with E-state index in [1.54, 1.807) is 0 Å². The van der Waals surface area contributed by atoms with E-state index in [0.717, 1.165) is 19.0 Å². The normalized spacial score (nSPS) is 13.9. The molecule has 0 fully saturated rings. The summed E-state index contributed by atoms with van der Waals surface area (Å²) < 4.78 is 5.43. The highest BCUT2D eigenvalue weighted by Crippen LogP contribution is 2.10. The number of nitrogens with one attached hydrogen (secondary N) is 1. The van der Waals surface area contributed by atoms with Crippen LogP contribution in [0.5, 0.6) is 0 Å². The van der Waals surface area contributed by atoms with Crippen molar-refractivity contribution in [3.05, 3.63) is 35.4 Å². The molecule has 1 heterocycles. The van der Waals surface area contributed by atoms with Crippen molar-refractivity contribution in [2.24, 2.45) is 0 Å². The van der Waals surface area contributed by atoms with Gasteiger partial charge in [0.1, 0.15) is 0 Å². The average Bonchev–Trinajstić information content (AvgIpc) is 2.50. The van der Waals surface area contributed by atoms with Gasteiger partial charge in [-0.15, -0.1) is 0 Å². The molecular formula is C10H12NO+. The van der Waals surface area contributed by atoms with Gasteiger partial charge in [-0.3, -0.25) is 0 Å². The quantitative estimate of drug-likeness (QED) is 0.620. The minimum atomic E-state index is 0.719. The number of hydrogen-bond donors (Lipinski definition) is 1. The van der Waals surface area contributed by atoms with Crippen LogP contribution in [-0.4, -0.2) is 12.5 Å². The van der Waals surface area contributed by atoms with Crippen LogP contribution in [0.3, 0.4) is 0 Å². The zero-order valence-electron chi connectivity index (χ0n) is 7.13. The fourth-order valence-corrected chi connectivity index (χ4v) is 1.44. The van der Waals surface area contributed by atoms with Crippen LogP contribution in [0.15, 0.2) is 24.3 Å². The van der Waals surface area contributed by atoms with Gasteiger partial charge in [-0.1, -0.05) is 18.2 Å². The molecule has 0 saturated heterocycles. The lowest BCUT2D eigenvalue weighted by atomic mass is 10.1. The summed E-state index contributed by atoms with van der Waals surface area (Å²) in [7, 11) is 0. The Labute approximate surface area is 71.9 Å². The molecule has 0 aromatic heterocycles. The van der Waals surface area contributed by atoms with Crippen molar-refractivity contribution >= 4 is 5.90 Å². The van der Waals surface area contributed by atoms with E-state index in [4.69, 9.17) is 4.74 Å². The molecular weight excluding hydrogens is 150 g/mol. The van der Waals surface area contributed by atoms with Crippen LogP contribution in [0, 0.1) is 0 Å². The third-order valence-electron chi connectivity index (χ3n) is 1.99. The zero-order valence-corrected chi connectivity index (χ0v) is 7.13. The smallest absolute Gasteiger partial charge is 0.369 e. The lowest BCUT2D eigenvalue weighted by Gasteiger charge is -1.97. The Bertz CT molecular complexity index is 317. The molecule has 0 atom stereocenters. The molecule has 2 nitrogen and oxygen atoms in total. The first-order valence-corrected chi connectivity index (χ1v) is 4.23. The maximum atomic E-state index is 5.43. The molecule has 0 radical (unpaired) electrons. The van der Waals surface area contributed by atoms with E-state index in [0.29, 0.717) is 0 Å². The number of ether oxygens (including phenoxy) is 1. The molecule has 0 bridgehead atoms. The van der Waals surface area contributed by atoms with E-state index < -0.39 is 0 Å². The largest absolute Gasteiger partial charge is 0.445 e. The summed E-state index contributed by atoms with van der Waals surface area (Å²) in [6, 6.07) is 8.29. The minimum Gasteiger partial charge on any atom is -0.445 e. The average molecular weight is 162 g/mol. The fraction of sp³-hybridized carbons (Fsp3) is 0.300. The van der Waals surface area contributed by atoms with Crippen LogP contribution in [-0.2, 0) is 11.3 Å². The minimum absolute atomic E-state index is 0.719. The lowest BCUT2D eigenvalue weighted by Crippen LogP contribution is -2.68. The van der Waals surface area contributed by atoms with Gasteiger partial charge in [-0.2, -0.15) is 0 Å². The van der Waals surface area contributed by atoms with E-state index in [1.165, 1.54) is 11.1 Å². The van der Waals surface area contributed by atoms with Gasteiger partial charge in [0.05, 0.1) is 12.2 Å². The molecule has 2 heteroatoms. The molecule has 0 saturated carbocycles. The predicted molar refractivity (Wildman–Crippen MR) is 46.8 cm³/mol. The Morgan fingerprint density at radius 3 is 3.08 bits per heavy atom. The van der Waals surface area contributed by atoms with Gasteiger partial charge in [-0.25, -0.2) is 4.99 Å². The zero-order chi connectivity index (χ0) is 8.39. The van der Waals surface area contributed by atoms with E-state index in [1.807, 2.05) is 13.0 Å². The second kappa shape index (κ2) is 2.97. The lowest BCUT2D eigenvalue weighted by molar-refractivity contribution is -0.478. The van der Waals surface area contributed by atoms with E-state index in [2.05, 4.69) is 23.2 Å². The molecule has 1 aromatic rings. The van der Waals surface area contributed by atoms with Crippen molar-refractivity contribution in [3.63, 3.8) is 0 Å². The number of rotatable bonds is 1. The molecule has 0 amide bonds. The Balaban J connectivity index is 2.32. The van der Waals surface area contributed by atoms with Gasteiger partial charge in [0.25, 0.3) is 0 Å². The second-order valence-electron chi connectivity index (χ2n) is 2.77. The van der Waals surface area contributed by atoms with Crippen LogP contribution < -0.4 is 4.99 Å². The van der Waals surface area contributed by atoms with E-state index in [-0.39, 0.29) is 0 Å². The third-order valence-corrected chi connectivity index (χ3v) is 1.99. The fourth-order valence-electron chi connectivity index (χ4n) is 1.44. The summed E-state index contributed by atoms with van der Waals surface area (Å²) in [6.45, 7) is 3.61. The highest BCUT2D eigenvalue weighted by Gasteiger charge is 2.22. The van der Waals surface area contributed by atoms with Gasteiger partial charge >= 0.3 is 5.90 Å². The number of fused-ring (bicyclic) bond motifs is 1. The van der Waals surface area contributed by atoms with Crippen molar-refractivity contribution in [2.45, 2.75) is 13.5 Å². The molecule has 2 rings (SSSR count). The van der Waals surface area contributed by atoms with Crippen LogP contribution in [0.2, 0.25) is 0 Å². The molecule has 0 spiro atoms. The summed E-state index contributed by atoms with van der Waals surface area (Å²) in [4.78, 5) is 3.22. The van der Waals surface area contributed by atoms with Gasteiger partial charge in [0.15, 0.2) is 6.54 Å². The van der Waals surface area contributed by atoms with Crippen molar-refractivity contribution in [3.8, 4) is 0 Å². The van der Waals surface area contributed by atoms with Crippen LogP contribution in [0.1, 0.15) is 18.1 Å². The Hall–Kier alpha value is -1.31. The van der Waals surface area contributed by atoms with Crippen molar-refractivity contribution in [1.29, 1.82) is 0 Å². The van der Waals surface area contributed by atoms with E-state index in [9.17, 15) is 0 Å². The second-order valence-corrected chi connectivity index (χ2v) is 2.77. The van der Waals surface area contributed by atoms with Crippen molar-refractivity contribution in [1.82, 2.24) is 0 Å². The van der Waals surface area contributed by atoms with Crippen LogP contribution in [0.4, 0.5) is 0 Å². The summed E-state index contributed by atoms with van der Waals surface area (Å²) in [5.74, 6) is 0.924. The molecule has 1 aromatic carbocycles. The monoisotopic (exact) mass is 162 g/mol. The summed E-state index contributed by atoms with van der Waals surface area (Å²) >= 11 is 0. The Kier molecular flexibility index (Phi) is 1.82. The first-order chi connectivity index (χ1) is 5.92. The summed E-state index contributed by atoms with van der Waals surface area (Å²) in [6.07, 6.45) is 0. The molecule has 0 unspecified atom stereocenters. The molecule has 1 aliphatic heterocycles. The molecule has 1 aliphatic rings. The van der Waals surface area contributed by atoms with Gasteiger partial charge in [0.2, 0.25) is 0 Å². The van der Waals surface area contributed by atoms with Crippen LogP contribution in [0.25, 0.3) is 0 Å². The molecule has 1 N–H and O–H groups in total. The summed E-state index contributed by atoms with van der Waals surface area (Å²) in [5, 5.41) is 0. The molecule has 62 valence electrons. The summed E-state index contributed by atoms with van der Waals surface area (Å²) in [5.41, 5.74) is 2.53. The predicted octanol–water partition coefficient (Wildman–Crippen LogP) is 0.0639.